The van der Waals surface area contributed by atoms with Crippen LogP contribution in [-0.4, -0.2) is 9.13 Å². The number of nitrogens with zero attached hydrogens (tertiary/aromatic N) is 2. The molecule has 2 heteroatoms. The van der Waals surface area contributed by atoms with Crippen LogP contribution < -0.4 is 0 Å². The van der Waals surface area contributed by atoms with Gasteiger partial charge in [0.05, 0.1) is 11.0 Å². The van der Waals surface area contributed by atoms with Gasteiger partial charge in [-0.3, -0.25) is 0 Å². The second-order valence-corrected chi connectivity index (χ2v) is 7.26. The second-order valence-electron chi connectivity index (χ2n) is 7.26. The zero-order valence-electron chi connectivity index (χ0n) is 15.6. The van der Waals surface area contributed by atoms with Gasteiger partial charge in [0.1, 0.15) is 6.17 Å². The minimum absolute atomic E-state index is 0.0726. The van der Waals surface area contributed by atoms with Gasteiger partial charge in [-0.25, -0.2) is 0 Å². The summed E-state index contributed by atoms with van der Waals surface area (Å²) in [6.45, 7) is 4.39. The van der Waals surface area contributed by atoms with Gasteiger partial charge in [-0.05, 0) is 42.7 Å². The average molecular weight is 350 g/mol. The van der Waals surface area contributed by atoms with Crippen molar-refractivity contribution in [3.63, 3.8) is 0 Å². The van der Waals surface area contributed by atoms with Crippen LogP contribution in [0.5, 0.6) is 0 Å². The van der Waals surface area contributed by atoms with Crippen LogP contribution in [0.4, 0.5) is 0 Å². The van der Waals surface area contributed by atoms with Gasteiger partial charge in [-0.2, -0.15) is 0 Å². The molecule has 0 aliphatic carbocycles. The van der Waals surface area contributed by atoms with E-state index < -0.39 is 0 Å². The molecular weight excluding hydrogens is 328 g/mol. The summed E-state index contributed by atoms with van der Waals surface area (Å²) in [6, 6.07) is 28.1. The zero-order chi connectivity index (χ0) is 18.4. The van der Waals surface area contributed by atoms with Crippen molar-refractivity contribution in [3.8, 4) is 0 Å². The third-order valence-corrected chi connectivity index (χ3v) is 5.50. The predicted octanol–water partition coefficient (Wildman–Crippen LogP) is 6.31. The van der Waals surface area contributed by atoms with E-state index >= 15 is 0 Å². The van der Waals surface area contributed by atoms with Crippen molar-refractivity contribution in [1.82, 2.24) is 9.13 Å². The molecule has 0 amide bonds. The Morgan fingerprint density at radius 1 is 0.556 bits per heavy atom. The molecule has 0 saturated carbocycles. The summed E-state index contributed by atoms with van der Waals surface area (Å²) in [6.07, 6.45) is 4.64. The number of fused-ring (bicyclic) bond motifs is 2. The van der Waals surface area contributed by atoms with Crippen LogP contribution in [0.3, 0.4) is 0 Å². The van der Waals surface area contributed by atoms with Crippen molar-refractivity contribution in [3.05, 3.63) is 108 Å². The van der Waals surface area contributed by atoms with E-state index in [9.17, 15) is 0 Å². The van der Waals surface area contributed by atoms with Crippen LogP contribution in [0.15, 0.2) is 91.3 Å². The summed E-state index contributed by atoms with van der Waals surface area (Å²) >= 11 is 0. The molecular formula is C25H22N2. The summed E-state index contributed by atoms with van der Waals surface area (Å²) in [4.78, 5) is 0. The molecule has 0 saturated heterocycles. The van der Waals surface area contributed by atoms with Gasteiger partial charge in [0.25, 0.3) is 0 Å². The number of benzene rings is 3. The normalized spacial score (nSPS) is 11.7. The Balaban J connectivity index is 1.85. The first-order valence-electron chi connectivity index (χ1n) is 9.41. The highest BCUT2D eigenvalue weighted by molar-refractivity contribution is 5.85. The molecule has 5 aromatic rings. The summed E-state index contributed by atoms with van der Waals surface area (Å²) in [5, 5.41) is 2.62. The van der Waals surface area contributed by atoms with Crippen molar-refractivity contribution >= 4 is 21.8 Å². The van der Waals surface area contributed by atoms with E-state index in [-0.39, 0.29) is 6.17 Å². The Kier molecular flexibility index (Phi) is 3.64. The number of hydrogen-bond acceptors (Lipinski definition) is 0. The number of rotatable bonds is 3. The van der Waals surface area contributed by atoms with Crippen molar-refractivity contribution in [2.75, 3.05) is 0 Å². The SMILES string of the molecule is Cc1cn(C(c2ccccc2)n2cc(C)c3ccccc32)c2ccccc12. The minimum Gasteiger partial charge on any atom is -0.322 e. The monoisotopic (exact) mass is 350 g/mol. The van der Waals surface area contributed by atoms with E-state index in [2.05, 4.69) is 114 Å². The van der Waals surface area contributed by atoms with E-state index in [4.69, 9.17) is 0 Å². The molecule has 0 aliphatic rings. The molecule has 2 heterocycles. The van der Waals surface area contributed by atoms with Gasteiger partial charge in [0, 0.05) is 23.2 Å². The molecule has 3 aromatic carbocycles. The maximum Gasteiger partial charge on any atom is 0.136 e. The lowest BCUT2D eigenvalue weighted by Gasteiger charge is -2.24. The first-order chi connectivity index (χ1) is 13.2. The van der Waals surface area contributed by atoms with Crippen LogP contribution in [0, 0.1) is 13.8 Å². The molecule has 0 spiro atoms. The summed E-state index contributed by atoms with van der Waals surface area (Å²) < 4.78 is 4.82. The van der Waals surface area contributed by atoms with Crippen molar-refractivity contribution in [2.45, 2.75) is 20.0 Å². The summed E-state index contributed by atoms with van der Waals surface area (Å²) in [7, 11) is 0. The van der Waals surface area contributed by atoms with Gasteiger partial charge >= 0.3 is 0 Å². The van der Waals surface area contributed by atoms with E-state index in [1.807, 2.05) is 0 Å². The number of aryl methyl sites for hydroxylation is 2. The number of hydrogen-bond donors (Lipinski definition) is 0. The fourth-order valence-electron chi connectivity index (χ4n) is 4.25. The van der Waals surface area contributed by atoms with Crippen LogP contribution in [0.1, 0.15) is 22.9 Å². The standard InChI is InChI=1S/C25H22N2/c1-18-16-26(23-14-8-6-12-21(18)23)25(20-10-4-3-5-11-20)27-17-19(2)22-13-7-9-15-24(22)27/h3-17,25H,1-2H3. The van der Waals surface area contributed by atoms with Gasteiger partial charge < -0.3 is 9.13 Å². The topological polar surface area (TPSA) is 9.86 Å². The number of para-hydroxylation sites is 2. The largest absolute Gasteiger partial charge is 0.322 e. The lowest BCUT2D eigenvalue weighted by molar-refractivity contribution is 0.533. The Bertz CT molecular complexity index is 1160. The minimum atomic E-state index is 0.0726. The molecule has 0 fully saturated rings. The molecule has 2 aromatic heterocycles. The third-order valence-electron chi connectivity index (χ3n) is 5.50. The van der Waals surface area contributed by atoms with Crippen LogP contribution in [0.2, 0.25) is 0 Å². The average Bonchev–Trinajstić information content (AvgIpc) is 3.22. The van der Waals surface area contributed by atoms with Gasteiger partial charge in [-0.15, -0.1) is 0 Å². The Hall–Kier alpha value is -3.26. The quantitative estimate of drug-likeness (QED) is 0.361. The highest BCUT2D eigenvalue weighted by Gasteiger charge is 2.21. The van der Waals surface area contributed by atoms with E-state index in [0.29, 0.717) is 0 Å². The smallest absolute Gasteiger partial charge is 0.136 e. The van der Waals surface area contributed by atoms with Gasteiger partial charge in [0.2, 0.25) is 0 Å². The molecule has 0 atom stereocenters. The fourth-order valence-corrected chi connectivity index (χ4v) is 4.25. The first kappa shape index (κ1) is 16.0. The first-order valence-corrected chi connectivity index (χ1v) is 9.41. The molecule has 27 heavy (non-hydrogen) atoms. The lowest BCUT2D eigenvalue weighted by atomic mass is 10.1. The molecule has 5 rings (SSSR count). The van der Waals surface area contributed by atoms with E-state index in [0.717, 1.165) is 0 Å². The predicted molar refractivity (Wildman–Crippen MR) is 113 cm³/mol. The third kappa shape index (κ3) is 2.48. The molecule has 0 N–H and O–H groups in total. The van der Waals surface area contributed by atoms with Crippen LogP contribution >= 0.6 is 0 Å². The zero-order valence-corrected chi connectivity index (χ0v) is 15.6. The molecule has 0 unspecified atom stereocenters. The lowest BCUT2D eigenvalue weighted by Crippen LogP contribution is -2.18. The van der Waals surface area contributed by atoms with E-state index in [1.54, 1.807) is 0 Å². The molecule has 2 nitrogen and oxygen atoms in total. The van der Waals surface area contributed by atoms with Crippen LogP contribution in [-0.2, 0) is 0 Å². The summed E-state index contributed by atoms with van der Waals surface area (Å²) in [5.74, 6) is 0. The summed E-state index contributed by atoms with van der Waals surface area (Å²) in [5.41, 5.74) is 6.41. The maximum absolute atomic E-state index is 2.41. The Morgan fingerprint density at radius 2 is 1.00 bits per heavy atom. The number of aromatic nitrogens is 2. The molecule has 0 radical (unpaired) electrons. The van der Waals surface area contributed by atoms with Crippen molar-refractivity contribution in [1.29, 1.82) is 0 Å². The fraction of sp³-hybridized carbons (Fsp3) is 0.120. The maximum atomic E-state index is 2.41. The van der Waals surface area contributed by atoms with Gasteiger partial charge in [0.15, 0.2) is 0 Å². The highest BCUT2D eigenvalue weighted by Crippen LogP contribution is 2.33. The Morgan fingerprint density at radius 3 is 1.52 bits per heavy atom. The van der Waals surface area contributed by atoms with Crippen molar-refractivity contribution in [2.24, 2.45) is 0 Å². The van der Waals surface area contributed by atoms with E-state index in [1.165, 1.54) is 38.5 Å². The molecule has 0 bridgehead atoms. The van der Waals surface area contributed by atoms with Crippen molar-refractivity contribution < 1.29 is 0 Å². The molecule has 0 aliphatic heterocycles. The van der Waals surface area contributed by atoms with Gasteiger partial charge in [-0.1, -0.05) is 66.7 Å². The Labute approximate surface area is 159 Å². The second kappa shape index (κ2) is 6.17. The molecule has 132 valence electrons. The van der Waals surface area contributed by atoms with Crippen LogP contribution in [0.25, 0.3) is 21.8 Å². The highest BCUT2D eigenvalue weighted by atomic mass is 15.2.